The number of hydrogen-bond donors (Lipinski definition) is 3. The molecule has 0 fully saturated rings. The Morgan fingerprint density at radius 3 is 3.04 bits per heavy atom. The van der Waals surface area contributed by atoms with Crippen LogP contribution in [0.3, 0.4) is 0 Å². The number of aromatic amines is 1. The van der Waals surface area contributed by atoms with Gasteiger partial charge in [-0.05, 0) is 28.1 Å². The number of nitrogens with two attached hydrogens (primary N) is 1. The van der Waals surface area contributed by atoms with Crippen LogP contribution in [0.1, 0.15) is 10.5 Å². The number of aromatic nitrogens is 4. The summed E-state index contributed by atoms with van der Waals surface area (Å²) in [5.41, 5.74) is 8.01. The van der Waals surface area contributed by atoms with Gasteiger partial charge in [0, 0.05) is 30.8 Å². The lowest BCUT2D eigenvalue weighted by Gasteiger charge is -2.06. The number of nitrogens with one attached hydrogen (secondary N) is 2. The summed E-state index contributed by atoms with van der Waals surface area (Å²) < 4.78 is 5.61. The van der Waals surface area contributed by atoms with Gasteiger partial charge in [0.05, 0.1) is 24.0 Å². The van der Waals surface area contributed by atoms with E-state index in [4.69, 9.17) is 10.5 Å². The summed E-state index contributed by atoms with van der Waals surface area (Å²) in [5, 5.41) is 3.61. The van der Waals surface area contributed by atoms with Gasteiger partial charge in [-0.3, -0.25) is 4.79 Å². The normalized spacial score (nSPS) is 10.9. The monoisotopic (exact) mass is 390 g/mol. The number of anilines is 1. The molecule has 0 radical (unpaired) electrons. The van der Waals surface area contributed by atoms with Crippen molar-refractivity contribution in [1.29, 1.82) is 0 Å². The van der Waals surface area contributed by atoms with Crippen LogP contribution in [0.4, 0.5) is 5.95 Å². The summed E-state index contributed by atoms with van der Waals surface area (Å²) in [5.74, 6) is -0.118. The van der Waals surface area contributed by atoms with E-state index in [0.29, 0.717) is 34.7 Å². The first-order valence-electron chi connectivity index (χ1n) is 7.13. The van der Waals surface area contributed by atoms with Gasteiger partial charge in [-0.1, -0.05) is 0 Å². The van der Waals surface area contributed by atoms with Crippen molar-refractivity contribution in [3.8, 4) is 11.3 Å². The average molecular weight is 391 g/mol. The number of ether oxygens (including phenoxy) is 1. The summed E-state index contributed by atoms with van der Waals surface area (Å²) in [6.45, 7) is 0.826. The van der Waals surface area contributed by atoms with Crippen molar-refractivity contribution in [2.75, 3.05) is 26.0 Å². The standard InChI is InChI=1S/C15H15BrN6O2/c1-24-5-4-18-14(23)13-12(9-2-3-19-15(17)22-9)8-6-11(16)20-7-10(8)21-13/h2-3,6-7,21H,4-5H2,1H3,(H,18,23)(H2,17,19,22). The van der Waals surface area contributed by atoms with E-state index in [1.807, 2.05) is 6.07 Å². The Morgan fingerprint density at radius 2 is 2.29 bits per heavy atom. The van der Waals surface area contributed by atoms with E-state index in [-0.39, 0.29) is 11.9 Å². The molecule has 0 aliphatic rings. The van der Waals surface area contributed by atoms with Crippen molar-refractivity contribution in [2.45, 2.75) is 0 Å². The van der Waals surface area contributed by atoms with Crippen molar-refractivity contribution in [2.24, 2.45) is 0 Å². The molecule has 0 bridgehead atoms. The van der Waals surface area contributed by atoms with Gasteiger partial charge < -0.3 is 20.8 Å². The lowest BCUT2D eigenvalue weighted by atomic mass is 10.1. The molecule has 24 heavy (non-hydrogen) atoms. The van der Waals surface area contributed by atoms with Gasteiger partial charge in [0.25, 0.3) is 5.91 Å². The van der Waals surface area contributed by atoms with Crippen molar-refractivity contribution >= 4 is 38.7 Å². The number of carbonyl (C=O) groups is 1. The number of carbonyl (C=O) groups excluding carboxylic acids is 1. The Morgan fingerprint density at radius 1 is 1.46 bits per heavy atom. The van der Waals surface area contributed by atoms with Crippen molar-refractivity contribution in [3.63, 3.8) is 0 Å². The number of nitrogen functional groups attached to an aromatic ring is 1. The van der Waals surface area contributed by atoms with Crippen LogP contribution in [-0.2, 0) is 4.74 Å². The Balaban J connectivity index is 2.14. The molecule has 3 rings (SSSR count). The van der Waals surface area contributed by atoms with Crippen LogP contribution in [0.2, 0.25) is 0 Å². The van der Waals surface area contributed by atoms with E-state index < -0.39 is 0 Å². The number of rotatable bonds is 5. The summed E-state index contributed by atoms with van der Waals surface area (Å²) >= 11 is 3.35. The Labute approximate surface area is 146 Å². The predicted molar refractivity (Wildman–Crippen MR) is 93.4 cm³/mol. The lowest BCUT2D eigenvalue weighted by Crippen LogP contribution is -2.27. The van der Waals surface area contributed by atoms with Crippen molar-refractivity contribution in [1.82, 2.24) is 25.3 Å². The number of H-pyrrole nitrogens is 1. The highest BCUT2D eigenvalue weighted by molar-refractivity contribution is 9.10. The van der Waals surface area contributed by atoms with Gasteiger partial charge in [-0.2, -0.15) is 0 Å². The number of hydrogen-bond acceptors (Lipinski definition) is 6. The number of halogens is 1. The zero-order valence-corrected chi connectivity index (χ0v) is 14.4. The van der Waals surface area contributed by atoms with Crippen LogP contribution >= 0.6 is 15.9 Å². The molecule has 0 atom stereocenters. The van der Waals surface area contributed by atoms with Crippen LogP contribution < -0.4 is 11.1 Å². The molecule has 0 aromatic carbocycles. The second-order valence-electron chi connectivity index (χ2n) is 4.98. The first kappa shape index (κ1) is 16.3. The van der Waals surface area contributed by atoms with Crippen molar-refractivity contribution < 1.29 is 9.53 Å². The highest BCUT2D eigenvalue weighted by Crippen LogP contribution is 2.32. The zero-order chi connectivity index (χ0) is 17.1. The molecule has 1 amide bonds. The molecule has 8 nitrogen and oxygen atoms in total. The highest BCUT2D eigenvalue weighted by atomic mass is 79.9. The fraction of sp³-hybridized carbons (Fsp3) is 0.200. The van der Waals surface area contributed by atoms with E-state index in [1.54, 1.807) is 25.6 Å². The van der Waals surface area contributed by atoms with E-state index in [2.05, 4.69) is 41.2 Å². The van der Waals surface area contributed by atoms with Crippen LogP contribution in [0, 0.1) is 0 Å². The molecule has 0 saturated heterocycles. The number of fused-ring (bicyclic) bond motifs is 1. The van der Waals surface area contributed by atoms with Gasteiger partial charge in [0.15, 0.2) is 0 Å². The van der Waals surface area contributed by atoms with E-state index in [1.165, 1.54) is 0 Å². The fourth-order valence-electron chi connectivity index (χ4n) is 2.37. The molecule has 0 saturated carbocycles. The number of amides is 1. The lowest BCUT2D eigenvalue weighted by molar-refractivity contribution is 0.0933. The van der Waals surface area contributed by atoms with Gasteiger partial charge in [0.2, 0.25) is 5.95 Å². The van der Waals surface area contributed by atoms with Gasteiger partial charge in [0.1, 0.15) is 10.3 Å². The number of nitrogens with zero attached hydrogens (tertiary/aromatic N) is 3. The first-order valence-corrected chi connectivity index (χ1v) is 7.92. The Bertz CT molecular complexity index is 895. The zero-order valence-electron chi connectivity index (χ0n) is 12.8. The average Bonchev–Trinajstić information content (AvgIpc) is 2.93. The Kier molecular flexibility index (Phi) is 4.72. The maximum Gasteiger partial charge on any atom is 0.268 e. The SMILES string of the molecule is COCCNC(=O)c1[nH]c2cnc(Br)cc2c1-c1ccnc(N)n1. The third-order valence-corrected chi connectivity index (χ3v) is 3.83. The highest BCUT2D eigenvalue weighted by Gasteiger charge is 2.20. The molecule has 9 heteroatoms. The second kappa shape index (κ2) is 6.93. The Hall–Kier alpha value is -2.52. The minimum atomic E-state index is -0.258. The minimum Gasteiger partial charge on any atom is -0.383 e. The summed E-state index contributed by atoms with van der Waals surface area (Å²) in [6, 6.07) is 3.53. The van der Waals surface area contributed by atoms with Gasteiger partial charge >= 0.3 is 0 Å². The molecule has 3 heterocycles. The molecule has 0 unspecified atom stereocenters. The molecule has 0 aliphatic heterocycles. The number of methoxy groups -OCH3 is 1. The third-order valence-electron chi connectivity index (χ3n) is 3.40. The smallest absolute Gasteiger partial charge is 0.268 e. The number of pyridine rings is 1. The third kappa shape index (κ3) is 3.22. The molecule has 3 aromatic rings. The topological polar surface area (TPSA) is 119 Å². The first-order chi connectivity index (χ1) is 11.6. The van der Waals surface area contributed by atoms with Gasteiger partial charge in [-0.25, -0.2) is 15.0 Å². The maximum absolute atomic E-state index is 12.5. The summed E-state index contributed by atoms with van der Waals surface area (Å²) in [4.78, 5) is 28.0. The van der Waals surface area contributed by atoms with E-state index in [0.717, 1.165) is 10.9 Å². The predicted octanol–water partition coefficient (Wildman–Crippen LogP) is 1.74. The minimum absolute atomic E-state index is 0.140. The molecule has 124 valence electrons. The maximum atomic E-state index is 12.5. The molecule has 0 aliphatic carbocycles. The largest absolute Gasteiger partial charge is 0.383 e. The molecular formula is C15H15BrN6O2. The molecule has 4 N–H and O–H groups in total. The van der Waals surface area contributed by atoms with Gasteiger partial charge in [-0.15, -0.1) is 0 Å². The van der Waals surface area contributed by atoms with Crippen LogP contribution in [0.15, 0.2) is 29.1 Å². The van der Waals surface area contributed by atoms with Crippen LogP contribution in [0.25, 0.3) is 22.2 Å². The summed E-state index contributed by atoms with van der Waals surface area (Å²) in [6.07, 6.45) is 3.21. The van der Waals surface area contributed by atoms with E-state index in [9.17, 15) is 4.79 Å². The fourth-order valence-corrected chi connectivity index (χ4v) is 2.70. The quantitative estimate of drug-likeness (QED) is 0.450. The molecule has 3 aromatic heterocycles. The van der Waals surface area contributed by atoms with E-state index >= 15 is 0 Å². The van der Waals surface area contributed by atoms with Crippen molar-refractivity contribution in [3.05, 3.63) is 34.8 Å². The molecular weight excluding hydrogens is 376 g/mol. The second-order valence-corrected chi connectivity index (χ2v) is 5.79. The van der Waals surface area contributed by atoms with Crippen LogP contribution in [0.5, 0.6) is 0 Å². The van der Waals surface area contributed by atoms with Crippen LogP contribution in [-0.4, -0.2) is 46.1 Å². The molecule has 0 spiro atoms. The summed E-state index contributed by atoms with van der Waals surface area (Å²) in [7, 11) is 1.58.